The predicted molar refractivity (Wildman–Crippen MR) is 67.5 cm³/mol. The van der Waals surface area contributed by atoms with Gasteiger partial charge in [0, 0.05) is 23.2 Å². The zero-order valence-electron chi connectivity index (χ0n) is 9.46. The largest absolute Gasteiger partial charge is 0.494 e. The zero-order chi connectivity index (χ0) is 11.8. The van der Waals surface area contributed by atoms with Crippen LogP contribution in [0.25, 0.3) is 16.5 Å². The van der Waals surface area contributed by atoms with Gasteiger partial charge in [-0.15, -0.1) is 0 Å². The van der Waals surface area contributed by atoms with Crippen LogP contribution in [0, 0.1) is 6.92 Å². The molecule has 0 spiro atoms. The minimum absolute atomic E-state index is 0.261. The number of hydrogen-bond donors (Lipinski definition) is 1. The van der Waals surface area contributed by atoms with Crippen LogP contribution < -0.4 is 0 Å². The van der Waals surface area contributed by atoms with Crippen LogP contribution in [0.3, 0.4) is 0 Å². The van der Waals surface area contributed by atoms with Crippen molar-refractivity contribution >= 4 is 10.8 Å². The third-order valence-corrected chi connectivity index (χ3v) is 2.94. The van der Waals surface area contributed by atoms with Crippen molar-refractivity contribution in [2.45, 2.75) is 6.92 Å². The second-order valence-electron chi connectivity index (χ2n) is 4.02. The summed E-state index contributed by atoms with van der Waals surface area (Å²) in [6.45, 7) is 1.93. The van der Waals surface area contributed by atoms with Gasteiger partial charge >= 0.3 is 0 Å². The Balaban J connectivity index is 2.32. The fourth-order valence-corrected chi connectivity index (χ4v) is 2.06. The van der Waals surface area contributed by atoms with Gasteiger partial charge in [-0.1, -0.05) is 18.2 Å². The molecule has 3 heteroatoms. The molecule has 0 aliphatic carbocycles. The Hall–Kier alpha value is -2.29. The van der Waals surface area contributed by atoms with E-state index >= 15 is 0 Å². The molecule has 1 N–H and O–H groups in total. The number of nitrogens with zero attached hydrogens (tertiary/aromatic N) is 2. The molecule has 0 aliphatic rings. The molecule has 2 heterocycles. The molecule has 0 bridgehead atoms. The number of rotatable bonds is 1. The van der Waals surface area contributed by atoms with Crippen molar-refractivity contribution in [3.8, 4) is 11.6 Å². The molecule has 0 radical (unpaired) electrons. The summed E-state index contributed by atoms with van der Waals surface area (Å²) >= 11 is 0. The van der Waals surface area contributed by atoms with Crippen LogP contribution in [0.5, 0.6) is 5.88 Å². The Kier molecular flexibility index (Phi) is 2.11. The average molecular weight is 224 g/mol. The van der Waals surface area contributed by atoms with Crippen LogP contribution in [-0.2, 0) is 0 Å². The van der Waals surface area contributed by atoms with Crippen molar-refractivity contribution < 1.29 is 5.11 Å². The molecule has 2 aromatic heterocycles. The number of fused-ring (bicyclic) bond motifs is 1. The van der Waals surface area contributed by atoms with Gasteiger partial charge in [0.15, 0.2) is 0 Å². The van der Waals surface area contributed by atoms with E-state index in [-0.39, 0.29) is 5.88 Å². The number of aryl methyl sites for hydroxylation is 1. The molecule has 0 amide bonds. The lowest BCUT2D eigenvalue weighted by Crippen LogP contribution is -1.95. The number of pyridine rings is 1. The van der Waals surface area contributed by atoms with E-state index < -0.39 is 0 Å². The Morgan fingerprint density at radius 3 is 2.71 bits per heavy atom. The molecule has 3 aromatic rings. The van der Waals surface area contributed by atoms with E-state index in [1.54, 1.807) is 10.8 Å². The minimum Gasteiger partial charge on any atom is -0.494 e. The molecular formula is C14H12N2O. The molecule has 0 atom stereocenters. The molecule has 17 heavy (non-hydrogen) atoms. The summed E-state index contributed by atoms with van der Waals surface area (Å²) in [7, 11) is 0. The standard InChI is InChI=1S/C14H12N2O/c1-10-13(7-4-8-15-10)16-9-11-5-2-3-6-12(11)14(16)17/h2-9,17H,1H3. The molecule has 0 saturated carbocycles. The van der Waals surface area contributed by atoms with Gasteiger partial charge in [0.2, 0.25) is 5.88 Å². The lowest BCUT2D eigenvalue weighted by Gasteiger charge is -2.06. The average Bonchev–Trinajstić information content (AvgIpc) is 2.68. The molecule has 84 valence electrons. The normalized spacial score (nSPS) is 10.9. The lowest BCUT2D eigenvalue weighted by atomic mass is 10.2. The van der Waals surface area contributed by atoms with Crippen LogP contribution in [0.1, 0.15) is 5.69 Å². The fraction of sp³-hybridized carbons (Fsp3) is 0.0714. The summed E-state index contributed by atoms with van der Waals surface area (Å²) in [6, 6.07) is 11.6. The highest BCUT2D eigenvalue weighted by atomic mass is 16.3. The Bertz CT molecular complexity index is 686. The zero-order valence-corrected chi connectivity index (χ0v) is 9.46. The van der Waals surface area contributed by atoms with Crippen LogP contribution in [0.2, 0.25) is 0 Å². The van der Waals surface area contributed by atoms with Gasteiger partial charge < -0.3 is 5.11 Å². The summed E-state index contributed by atoms with van der Waals surface area (Å²) in [6.07, 6.45) is 3.67. The van der Waals surface area contributed by atoms with Crippen LogP contribution >= 0.6 is 0 Å². The van der Waals surface area contributed by atoms with Gasteiger partial charge in [-0.25, -0.2) is 0 Å². The van der Waals surface area contributed by atoms with E-state index in [2.05, 4.69) is 4.98 Å². The summed E-state index contributed by atoms with van der Waals surface area (Å²) in [5.41, 5.74) is 1.80. The van der Waals surface area contributed by atoms with Gasteiger partial charge in [0.05, 0.1) is 11.4 Å². The molecular weight excluding hydrogens is 212 g/mol. The number of benzene rings is 1. The molecule has 0 fully saturated rings. The Morgan fingerprint density at radius 1 is 1.12 bits per heavy atom. The van der Waals surface area contributed by atoms with Crippen molar-refractivity contribution in [1.82, 2.24) is 9.55 Å². The highest BCUT2D eigenvalue weighted by Gasteiger charge is 2.10. The first kappa shape index (κ1) is 9.90. The molecule has 0 saturated heterocycles. The maximum atomic E-state index is 10.2. The van der Waals surface area contributed by atoms with Gasteiger partial charge in [-0.3, -0.25) is 9.55 Å². The minimum atomic E-state index is 0.261. The smallest absolute Gasteiger partial charge is 0.203 e. The Labute approximate surface area is 99.0 Å². The first-order valence-electron chi connectivity index (χ1n) is 5.48. The third-order valence-electron chi connectivity index (χ3n) is 2.94. The molecule has 1 aromatic carbocycles. The SMILES string of the molecule is Cc1ncccc1-n1cc2ccccc2c1O. The monoisotopic (exact) mass is 224 g/mol. The summed E-state index contributed by atoms with van der Waals surface area (Å²) < 4.78 is 1.77. The molecule has 0 aliphatic heterocycles. The van der Waals surface area contributed by atoms with E-state index in [1.807, 2.05) is 49.5 Å². The van der Waals surface area contributed by atoms with E-state index in [0.29, 0.717) is 0 Å². The molecule has 3 rings (SSSR count). The van der Waals surface area contributed by atoms with Crippen molar-refractivity contribution in [3.05, 3.63) is 54.5 Å². The van der Waals surface area contributed by atoms with Crippen LogP contribution in [0.15, 0.2) is 48.8 Å². The first-order chi connectivity index (χ1) is 8.27. The van der Waals surface area contributed by atoms with E-state index in [4.69, 9.17) is 0 Å². The third kappa shape index (κ3) is 1.47. The highest BCUT2D eigenvalue weighted by molar-refractivity contribution is 5.88. The van der Waals surface area contributed by atoms with E-state index in [9.17, 15) is 5.11 Å². The van der Waals surface area contributed by atoms with Crippen molar-refractivity contribution in [3.63, 3.8) is 0 Å². The topological polar surface area (TPSA) is 38.0 Å². The van der Waals surface area contributed by atoms with Gasteiger partial charge in [-0.05, 0) is 25.1 Å². The second-order valence-corrected chi connectivity index (χ2v) is 4.02. The van der Waals surface area contributed by atoms with Gasteiger partial charge in [0.25, 0.3) is 0 Å². The summed E-state index contributed by atoms with van der Waals surface area (Å²) in [5, 5.41) is 12.1. The van der Waals surface area contributed by atoms with Crippen molar-refractivity contribution in [1.29, 1.82) is 0 Å². The Morgan fingerprint density at radius 2 is 1.94 bits per heavy atom. The quantitative estimate of drug-likeness (QED) is 0.690. The maximum Gasteiger partial charge on any atom is 0.203 e. The van der Waals surface area contributed by atoms with E-state index in [1.165, 1.54) is 0 Å². The van der Waals surface area contributed by atoms with Crippen molar-refractivity contribution in [2.24, 2.45) is 0 Å². The highest BCUT2D eigenvalue weighted by Crippen LogP contribution is 2.30. The number of aromatic hydroxyl groups is 1. The molecule has 3 nitrogen and oxygen atoms in total. The molecule has 0 unspecified atom stereocenters. The van der Waals surface area contributed by atoms with Crippen molar-refractivity contribution in [2.75, 3.05) is 0 Å². The van der Waals surface area contributed by atoms with Crippen LogP contribution in [-0.4, -0.2) is 14.7 Å². The van der Waals surface area contributed by atoms with E-state index in [0.717, 1.165) is 22.2 Å². The summed E-state index contributed by atoms with van der Waals surface area (Å²) in [4.78, 5) is 4.23. The van der Waals surface area contributed by atoms with Gasteiger partial charge in [0.1, 0.15) is 0 Å². The number of hydrogen-bond acceptors (Lipinski definition) is 2. The second kappa shape index (κ2) is 3.63. The van der Waals surface area contributed by atoms with Crippen LogP contribution in [0.4, 0.5) is 0 Å². The predicted octanol–water partition coefficient (Wildman–Crippen LogP) is 3.04. The number of aromatic nitrogens is 2. The maximum absolute atomic E-state index is 10.2. The fourth-order valence-electron chi connectivity index (χ4n) is 2.06. The first-order valence-corrected chi connectivity index (χ1v) is 5.48. The lowest BCUT2D eigenvalue weighted by molar-refractivity contribution is 0.448. The van der Waals surface area contributed by atoms with Gasteiger partial charge in [-0.2, -0.15) is 0 Å². The summed E-state index contributed by atoms with van der Waals surface area (Å²) in [5.74, 6) is 0.261.